The van der Waals surface area contributed by atoms with Gasteiger partial charge in [-0.25, -0.2) is 0 Å². The summed E-state index contributed by atoms with van der Waals surface area (Å²) in [6, 6.07) is 15.5. The molecule has 0 fully saturated rings. The van der Waals surface area contributed by atoms with Crippen molar-refractivity contribution in [2.24, 2.45) is 0 Å². The molecule has 0 aliphatic carbocycles. The van der Waals surface area contributed by atoms with E-state index in [1.807, 2.05) is 32.9 Å². The first kappa shape index (κ1) is 22.7. The van der Waals surface area contributed by atoms with Crippen LogP contribution in [-0.4, -0.2) is 17.9 Å². The van der Waals surface area contributed by atoms with Crippen LogP contribution >= 0.6 is 23.2 Å². The van der Waals surface area contributed by atoms with Gasteiger partial charge in [0.05, 0.1) is 5.02 Å². The van der Waals surface area contributed by atoms with Crippen molar-refractivity contribution in [1.82, 2.24) is 10.6 Å². The van der Waals surface area contributed by atoms with Crippen molar-refractivity contribution in [2.45, 2.75) is 26.8 Å². The monoisotopic (exact) mass is 456 g/mol. The van der Waals surface area contributed by atoms with Gasteiger partial charge >= 0.3 is 0 Å². The largest absolute Gasteiger partial charge is 0.457 e. The van der Waals surface area contributed by atoms with Crippen LogP contribution in [0.25, 0.3) is 17.4 Å². The van der Waals surface area contributed by atoms with Gasteiger partial charge < -0.3 is 15.1 Å². The van der Waals surface area contributed by atoms with Crippen LogP contribution in [0.2, 0.25) is 10.0 Å². The van der Waals surface area contributed by atoms with Gasteiger partial charge in [0.1, 0.15) is 17.2 Å². The molecule has 0 bridgehead atoms. The van der Waals surface area contributed by atoms with E-state index in [-0.39, 0.29) is 11.7 Å². The van der Waals surface area contributed by atoms with Gasteiger partial charge in [-0.15, -0.1) is 0 Å². The van der Waals surface area contributed by atoms with Gasteiger partial charge in [0.15, 0.2) is 0 Å². The van der Waals surface area contributed by atoms with Crippen molar-refractivity contribution >= 4 is 41.1 Å². The molecule has 160 valence electrons. The Morgan fingerprint density at radius 2 is 1.71 bits per heavy atom. The van der Waals surface area contributed by atoms with Crippen LogP contribution in [0.5, 0.6) is 0 Å². The fraction of sp³-hybridized carbons (Fsp3) is 0.167. The van der Waals surface area contributed by atoms with Gasteiger partial charge in [-0.2, -0.15) is 0 Å². The van der Waals surface area contributed by atoms with E-state index in [2.05, 4.69) is 10.6 Å². The molecule has 0 saturated heterocycles. The van der Waals surface area contributed by atoms with Crippen molar-refractivity contribution in [1.29, 1.82) is 0 Å². The van der Waals surface area contributed by atoms with Crippen molar-refractivity contribution in [3.05, 3.63) is 87.2 Å². The highest BCUT2D eigenvalue weighted by Crippen LogP contribution is 2.32. The SMILES string of the molecule is Cc1ccc(C(=O)NC(=Cc2ccc(-c3ccc(Cl)cc3Cl)o2)C(=O)NC(C)C)cc1. The molecule has 3 rings (SSSR count). The molecule has 0 spiro atoms. The minimum Gasteiger partial charge on any atom is -0.457 e. The summed E-state index contributed by atoms with van der Waals surface area (Å²) in [4.78, 5) is 25.3. The van der Waals surface area contributed by atoms with E-state index in [0.29, 0.717) is 32.7 Å². The number of rotatable bonds is 6. The third-order valence-corrected chi connectivity index (χ3v) is 4.88. The summed E-state index contributed by atoms with van der Waals surface area (Å²) in [5, 5.41) is 6.43. The Hall–Kier alpha value is -3.02. The summed E-state index contributed by atoms with van der Waals surface area (Å²) in [7, 11) is 0. The van der Waals surface area contributed by atoms with Crippen molar-refractivity contribution in [3.8, 4) is 11.3 Å². The molecule has 5 nitrogen and oxygen atoms in total. The molecule has 0 atom stereocenters. The zero-order chi connectivity index (χ0) is 22.5. The molecule has 7 heteroatoms. The molecule has 1 heterocycles. The number of benzene rings is 2. The maximum absolute atomic E-state index is 12.7. The van der Waals surface area contributed by atoms with Gasteiger partial charge in [-0.3, -0.25) is 9.59 Å². The van der Waals surface area contributed by atoms with Crippen LogP contribution < -0.4 is 10.6 Å². The number of aryl methyl sites for hydroxylation is 1. The standard InChI is InChI=1S/C24H22Cl2N2O3/c1-14(2)27-24(30)21(28-23(29)16-6-4-15(3)5-7-16)13-18-9-11-22(31-18)19-10-8-17(25)12-20(19)26/h4-14H,1-3H3,(H,27,30)(H,28,29). The van der Waals surface area contributed by atoms with E-state index in [9.17, 15) is 9.59 Å². The minimum absolute atomic E-state index is 0.0716. The van der Waals surface area contributed by atoms with E-state index in [0.717, 1.165) is 5.56 Å². The number of hydrogen-bond acceptors (Lipinski definition) is 3. The lowest BCUT2D eigenvalue weighted by Gasteiger charge is -2.13. The molecular formula is C24H22Cl2N2O3. The second-order valence-corrected chi connectivity index (χ2v) is 8.18. The summed E-state index contributed by atoms with van der Waals surface area (Å²) in [6.07, 6.45) is 1.48. The third-order valence-electron chi connectivity index (χ3n) is 4.34. The molecule has 2 N–H and O–H groups in total. The van der Waals surface area contributed by atoms with Gasteiger partial charge in [-0.1, -0.05) is 40.9 Å². The van der Waals surface area contributed by atoms with Crippen LogP contribution in [0.1, 0.15) is 35.5 Å². The number of carbonyl (C=O) groups excluding carboxylic acids is 2. The quantitative estimate of drug-likeness (QED) is 0.456. The summed E-state index contributed by atoms with van der Waals surface area (Å²) in [5.74, 6) is 0.0937. The van der Waals surface area contributed by atoms with Crippen LogP contribution in [0, 0.1) is 6.92 Å². The lowest BCUT2D eigenvalue weighted by atomic mass is 10.1. The average molecular weight is 457 g/mol. The van der Waals surface area contributed by atoms with Crippen LogP contribution in [0.4, 0.5) is 0 Å². The molecule has 3 aromatic rings. The molecule has 0 radical (unpaired) electrons. The Kier molecular flexibility index (Phi) is 7.21. The topological polar surface area (TPSA) is 71.3 Å². The Morgan fingerprint density at radius 3 is 2.35 bits per heavy atom. The predicted octanol–water partition coefficient (Wildman–Crippen LogP) is 5.86. The van der Waals surface area contributed by atoms with Crippen LogP contribution in [-0.2, 0) is 4.79 Å². The Bertz CT molecular complexity index is 1130. The number of halogens is 2. The highest BCUT2D eigenvalue weighted by atomic mass is 35.5. The number of hydrogen-bond donors (Lipinski definition) is 2. The zero-order valence-electron chi connectivity index (χ0n) is 17.3. The normalized spacial score (nSPS) is 11.5. The molecule has 2 amide bonds. The fourth-order valence-corrected chi connectivity index (χ4v) is 3.31. The smallest absolute Gasteiger partial charge is 0.268 e. The Morgan fingerprint density at radius 1 is 1.00 bits per heavy atom. The zero-order valence-corrected chi connectivity index (χ0v) is 18.8. The maximum atomic E-state index is 12.7. The second kappa shape index (κ2) is 9.86. The van der Waals surface area contributed by atoms with Crippen molar-refractivity contribution in [2.75, 3.05) is 0 Å². The second-order valence-electron chi connectivity index (χ2n) is 7.33. The van der Waals surface area contributed by atoms with E-state index < -0.39 is 11.8 Å². The number of furan rings is 1. The molecular weight excluding hydrogens is 435 g/mol. The summed E-state index contributed by atoms with van der Waals surface area (Å²) in [6.45, 7) is 5.61. The number of carbonyl (C=O) groups is 2. The van der Waals surface area contributed by atoms with E-state index in [1.165, 1.54) is 6.08 Å². The number of amides is 2. The van der Waals surface area contributed by atoms with Gasteiger partial charge in [0.2, 0.25) is 0 Å². The Labute approximate surface area is 191 Å². The maximum Gasteiger partial charge on any atom is 0.268 e. The molecule has 1 aromatic heterocycles. The highest BCUT2D eigenvalue weighted by molar-refractivity contribution is 6.36. The molecule has 0 aliphatic heterocycles. The average Bonchev–Trinajstić information content (AvgIpc) is 3.15. The predicted molar refractivity (Wildman–Crippen MR) is 124 cm³/mol. The van der Waals surface area contributed by atoms with Gasteiger partial charge in [0, 0.05) is 28.3 Å². The lowest BCUT2D eigenvalue weighted by molar-refractivity contribution is -0.118. The van der Waals surface area contributed by atoms with Gasteiger partial charge in [-0.05, 0) is 63.2 Å². The van der Waals surface area contributed by atoms with E-state index in [1.54, 1.807) is 42.5 Å². The lowest BCUT2D eigenvalue weighted by Crippen LogP contribution is -2.38. The first-order valence-corrected chi connectivity index (χ1v) is 10.4. The van der Waals surface area contributed by atoms with Crippen LogP contribution in [0.15, 0.2) is 64.7 Å². The van der Waals surface area contributed by atoms with E-state index in [4.69, 9.17) is 27.6 Å². The molecule has 2 aromatic carbocycles. The Balaban J connectivity index is 1.90. The molecule has 0 unspecified atom stereocenters. The van der Waals surface area contributed by atoms with E-state index >= 15 is 0 Å². The summed E-state index contributed by atoms with van der Waals surface area (Å²) in [5.41, 5.74) is 2.22. The summed E-state index contributed by atoms with van der Waals surface area (Å²) < 4.78 is 5.84. The first-order chi connectivity index (χ1) is 14.7. The highest BCUT2D eigenvalue weighted by Gasteiger charge is 2.17. The fourth-order valence-electron chi connectivity index (χ4n) is 2.80. The third kappa shape index (κ3) is 6.00. The van der Waals surface area contributed by atoms with Crippen molar-refractivity contribution < 1.29 is 14.0 Å². The summed E-state index contributed by atoms with van der Waals surface area (Å²) >= 11 is 12.2. The first-order valence-electron chi connectivity index (χ1n) is 9.69. The van der Waals surface area contributed by atoms with Gasteiger partial charge in [0.25, 0.3) is 11.8 Å². The number of nitrogens with one attached hydrogen (secondary N) is 2. The molecule has 31 heavy (non-hydrogen) atoms. The molecule has 0 aliphatic rings. The van der Waals surface area contributed by atoms with Crippen LogP contribution in [0.3, 0.4) is 0 Å². The molecule has 0 saturated carbocycles. The van der Waals surface area contributed by atoms with Crippen molar-refractivity contribution in [3.63, 3.8) is 0 Å². The minimum atomic E-state index is -0.419.